The summed E-state index contributed by atoms with van der Waals surface area (Å²) in [5, 5.41) is 9.84. The van der Waals surface area contributed by atoms with Gasteiger partial charge in [0.25, 0.3) is 5.91 Å². The van der Waals surface area contributed by atoms with Crippen molar-refractivity contribution >= 4 is 34.8 Å². The van der Waals surface area contributed by atoms with Gasteiger partial charge >= 0.3 is 0 Å². The van der Waals surface area contributed by atoms with Crippen molar-refractivity contribution in [2.75, 3.05) is 11.9 Å². The average Bonchev–Trinajstić information content (AvgIpc) is 3.14. The number of halogens is 2. The third kappa shape index (κ3) is 5.27. The molecule has 0 fully saturated rings. The van der Waals surface area contributed by atoms with Crippen LogP contribution >= 0.6 is 11.6 Å². The Morgan fingerprint density at radius 3 is 2.56 bits per heavy atom. The third-order valence-corrected chi connectivity index (χ3v) is 4.17. The van der Waals surface area contributed by atoms with Crippen molar-refractivity contribution < 1.29 is 18.8 Å². The van der Waals surface area contributed by atoms with Crippen LogP contribution in [-0.2, 0) is 14.4 Å². The van der Waals surface area contributed by atoms with Crippen LogP contribution in [-0.4, -0.2) is 30.2 Å². The van der Waals surface area contributed by atoms with Crippen molar-refractivity contribution in [1.82, 2.24) is 5.32 Å². The van der Waals surface area contributed by atoms with Crippen molar-refractivity contribution in [2.24, 2.45) is 5.16 Å². The maximum absolute atomic E-state index is 12.8. The van der Waals surface area contributed by atoms with Gasteiger partial charge in [-0.2, -0.15) is 0 Å². The molecule has 1 aliphatic heterocycles. The van der Waals surface area contributed by atoms with E-state index in [4.69, 9.17) is 16.4 Å². The first-order chi connectivity index (χ1) is 13.0. The highest BCUT2D eigenvalue weighted by Gasteiger charge is 2.28. The maximum atomic E-state index is 12.8. The molecule has 140 valence electrons. The van der Waals surface area contributed by atoms with Crippen LogP contribution in [0, 0.1) is 5.82 Å². The summed E-state index contributed by atoms with van der Waals surface area (Å²) in [6.45, 7) is 0.155. The van der Waals surface area contributed by atoms with Crippen molar-refractivity contribution in [3.63, 3.8) is 0 Å². The molecule has 1 heterocycles. The fourth-order valence-corrected chi connectivity index (χ4v) is 2.63. The van der Waals surface area contributed by atoms with Gasteiger partial charge < -0.3 is 15.5 Å². The molecule has 0 spiro atoms. The van der Waals surface area contributed by atoms with Gasteiger partial charge in [-0.25, -0.2) is 4.39 Å². The van der Waals surface area contributed by atoms with E-state index < -0.39 is 6.10 Å². The van der Waals surface area contributed by atoms with Gasteiger partial charge in [0, 0.05) is 30.1 Å². The Morgan fingerprint density at radius 1 is 1.15 bits per heavy atom. The molecule has 2 aromatic carbocycles. The number of benzene rings is 2. The SMILES string of the molecule is O=C(CCNC(=O)[C@H]1CC(c2ccc(Cl)cc2)=NO1)Nc1ccc(F)cc1. The maximum Gasteiger partial charge on any atom is 0.264 e. The lowest BCUT2D eigenvalue weighted by atomic mass is 10.0. The molecule has 2 N–H and O–H groups in total. The zero-order valence-electron chi connectivity index (χ0n) is 14.2. The van der Waals surface area contributed by atoms with Crippen LogP contribution in [0.15, 0.2) is 53.7 Å². The lowest BCUT2D eigenvalue weighted by Gasteiger charge is -2.10. The second-order valence-corrected chi connectivity index (χ2v) is 6.38. The Bertz CT molecular complexity index is 854. The fourth-order valence-electron chi connectivity index (χ4n) is 2.50. The molecule has 0 radical (unpaired) electrons. The Morgan fingerprint density at radius 2 is 1.85 bits per heavy atom. The summed E-state index contributed by atoms with van der Waals surface area (Å²) >= 11 is 5.85. The highest BCUT2D eigenvalue weighted by Crippen LogP contribution is 2.18. The molecular formula is C19H17ClFN3O3. The van der Waals surface area contributed by atoms with Gasteiger partial charge in [-0.1, -0.05) is 28.9 Å². The van der Waals surface area contributed by atoms with Gasteiger partial charge in [-0.15, -0.1) is 0 Å². The third-order valence-electron chi connectivity index (χ3n) is 3.92. The number of hydrogen-bond donors (Lipinski definition) is 2. The van der Waals surface area contributed by atoms with E-state index in [1.165, 1.54) is 24.3 Å². The van der Waals surface area contributed by atoms with E-state index in [2.05, 4.69) is 15.8 Å². The molecule has 0 aliphatic carbocycles. The Kier molecular flexibility index (Phi) is 6.03. The smallest absolute Gasteiger partial charge is 0.264 e. The van der Waals surface area contributed by atoms with Gasteiger partial charge in [0.15, 0.2) is 0 Å². The van der Waals surface area contributed by atoms with Crippen molar-refractivity contribution in [3.05, 3.63) is 64.9 Å². The van der Waals surface area contributed by atoms with E-state index in [-0.39, 0.29) is 30.6 Å². The quantitative estimate of drug-likeness (QED) is 0.796. The van der Waals surface area contributed by atoms with E-state index in [9.17, 15) is 14.0 Å². The zero-order chi connectivity index (χ0) is 19.2. The lowest BCUT2D eigenvalue weighted by Crippen LogP contribution is -2.36. The van der Waals surface area contributed by atoms with Crippen LogP contribution in [0.4, 0.5) is 10.1 Å². The minimum atomic E-state index is -0.726. The number of rotatable bonds is 6. The molecule has 27 heavy (non-hydrogen) atoms. The molecule has 0 saturated carbocycles. The highest BCUT2D eigenvalue weighted by atomic mass is 35.5. The monoisotopic (exact) mass is 389 g/mol. The minimum absolute atomic E-state index is 0.0841. The van der Waals surface area contributed by atoms with Crippen LogP contribution in [0.3, 0.4) is 0 Å². The molecule has 2 amide bonds. The first-order valence-electron chi connectivity index (χ1n) is 8.33. The van der Waals surface area contributed by atoms with Crippen LogP contribution < -0.4 is 10.6 Å². The predicted molar refractivity (Wildman–Crippen MR) is 100 cm³/mol. The first-order valence-corrected chi connectivity index (χ1v) is 8.71. The number of carbonyl (C=O) groups excluding carboxylic acids is 2. The summed E-state index contributed by atoms with van der Waals surface area (Å²) in [7, 11) is 0. The van der Waals surface area contributed by atoms with Gasteiger partial charge in [-0.3, -0.25) is 9.59 Å². The molecule has 0 saturated heterocycles. The highest BCUT2D eigenvalue weighted by molar-refractivity contribution is 6.30. The summed E-state index contributed by atoms with van der Waals surface area (Å²) in [6, 6.07) is 12.6. The van der Waals surface area contributed by atoms with Crippen molar-refractivity contribution in [1.29, 1.82) is 0 Å². The molecule has 2 aromatic rings. The summed E-state index contributed by atoms with van der Waals surface area (Å²) in [5.74, 6) is -0.998. The number of carbonyl (C=O) groups is 2. The van der Waals surface area contributed by atoms with E-state index >= 15 is 0 Å². The van der Waals surface area contributed by atoms with Crippen molar-refractivity contribution in [2.45, 2.75) is 18.9 Å². The van der Waals surface area contributed by atoms with E-state index in [1.807, 2.05) is 12.1 Å². The first kappa shape index (κ1) is 18.8. The Hall–Kier alpha value is -2.93. The predicted octanol–water partition coefficient (Wildman–Crippen LogP) is 3.12. The number of anilines is 1. The van der Waals surface area contributed by atoms with Crippen LogP contribution in [0.5, 0.6) is 0 Å². The second-order valence-electron chi connectivity index (χ2n) is 5.94. The molecule has 0 aromatic heterocycles. The Balaban J connectivity index is 1.40. The van der Waals surface area contributed by atoms with Crippen LogP contribution in [0.2, 0.25) is 5.02 Å². The number of nitrogens with one attached hydrogen (secondary N) is 2. The van der Waals surface area contributed by atoms with E-state index in [0.717, 1.165) is 5.56 Å². The van der Waals surface area contributed by atoms with Crippen LogP contribution in [0.25, 0.3) is 0 Å². The number of hydrogen-bond acceptors (Lipinski definition) is 4. The average molecular weight is 390 g/mol. The summed E-state index contributed by atoms with van der Waals surface area (Å²) in [4.78, 5) is 29.2. The Labute approximate surface area is 160 Å². The van der Waals surface area contributed by atoms with E-state index in [0.29, 0.717) is 22.8 Å². The molecule has 0 bridgehead atoms. The molecular weight excluding hydrogens is 373 g/mol. The second kappa shape index (κ2) is 8.64. The zero-order valence-corrected chi connectivity index (χ0v) is 15.0. The summed E-state index contributed by atoms with van der Waals surface area (Å²) < 4.78 is 12.8. The summed E-state index contributed by atoms with van der Waals surface area (Å²) in [5.41, 5.74) is 2.00. The minimum Gasteiger partial charge on any atom is -0.382 e. The van der Waals surface area contributed by atoms with Gasteiger partial charge in [-0.05, 0) is 42.0 Å². The summed E-state index contributed by atoms with van der Waals surface area (Å²) in [6.07, 6.45) is -0.300. The number of nitrogens with zero attached hydrogens (tertiary/aromatic N) is 1. The van der Waals surface area contributed by atoms with Gasteiger partial charge in [0.1, 0.15) is 5.82 Å². The molecule has 8 heteroatoms. The normalized spacial score (nSPS) is 15.6. The van der Waals surface area contributed by atoms with E-state index in [1.54, 1.807) is 12.1 Å². The molecule has 6 nitrogen and oxygen atoms in total. The molecule has 1 atom stereocenters. The standard InChI is InChI=1S/C19H17ClFN3O3/c20-13-3-1-12(2-4-13)16-11-17(27-24-16)19(26)22-10-9-18(25)23-15-7-5-14(21)6-8-15/h1-8,17H,9-11H2,(H,22,26)(H,23,25)/t17-/m1/s1. The van der Waals surface area contributed by atoms with Gasteiger partial charge in [0.2, 0.25) is 12.0 Å². The number of oxime groups is 1. The number of amides is 2. The molecule has 3 rings (SSSR count). The molecule has 1 aliphatic rings. The van der Waals surface area contributed by atoms with Crippen molar-refractivity contribution in [3.8, 4) is 0 Å². The van der Waals surface area contributed by atoms with Gasteiger partial charge in [0.05, 0.1) is 5.71 Å². The topological polar surface area (TPSA) is 79.8 Å². The largest absolute Gasteiger partial charge is 0.382 e. The fraction of sp³-hybridized carbons (Fsp3) is 0.211. The molecule has 0 unspecified atom stereocenters. The lowest BCUT2D eigenvalue weighted by molar-refractivity contribution is -0.131. The van der Waals surface area contributed by atoms with Crippen LogP contribution in [0.1, 0.15) is 18.4 Å².